The first-order chi connectivity index (χ1) is 43.7. The predicted molar refractivity (Wildman–Crippen MR) is 333 cm³/mol. The van der Waals surface area contributed by atoms with Crippen LogP contribution in [0.5, 0.6) is 17.2 Å². The smallest absolute Gasteiger partial charge is 0.497 e. The number of hydrogen-bond acceptors (Lipinski definition) is 16. The molecule has 2 amide bonds. The summed E-state index contributed by atoms with van der Waals surface area (Å²) < 4.78 is 48.1. The number of methoxy groups -OCH3 is 2. The summed E-state index contributed by atoms with van der Waals surface area (Å²) in [6, 6.07) is 55.5. The number of esters is 1. The molecule has 19 nitrogen and oxygen atoms in total. The van der Waals surface area contributed by atoms with E-state index in [2.05, 4.69) is 22.4 Å². The van der Waals surface area contributed by atoms with E-state index in [4.69, 9.17) is 37.9 Å². The third-order valence-corrected chi connectivity index (χ3v) is 15.9. The van der Waals surface area contributed by atoms with Crippen LogP contribution in [-0.4, -0.2) is 110 Å². The van der Waals surface area contributed by atoms with Crippen LogP contribution in [0.4, 0.5) is 15.4 Å². The number of carbonyl (C=O) groups is 6. The lowest BCUT2D eigenvalue weighted by Crippen LogP contribution is -2.39. The fraction of sp³-hybridized carbons (Fsp3) is 0.268. The van der Waals surface area contributed by atoms with E-state index >= 15 is 0 Å². The predicted octanol–water partition coefficient (Wildman–Crippen LogP) is 11.2. The zero-order valence-corrected chi connectivity index (χ0v) is 50.2. The second-order valence-corrected chi connectivity index (χ2v) is 21.8. The highest BCUT2D eigenvalue weighted by Crippen LogP contribution is 2.45. The first-order valence-electron chi connectivity index (χ1n) is 29.5. The molecule has 0 bridgehead atoms. The Bertz CT molecular complexity index is 3800. The summed E-state index contributed by atoms with van der Waals surface area (Å²) in [6.07, 6.45) is -2.19. The molecule has 8 aromatic rings. The molecule has 19 heteroatoms. The van der Waals surface area contributed by atoms with Crippen LogP contribution in [0.1, 0.15) is 94.1 Å². The van der Waals surface area contributed by atoms with Gasteiger partial charge in [-0.1, -0.05) is 127 Å². The molecule has 10 rings (SSSR count). The minimum absolute atomic E-state index is 0.00956. The summed E-state index contributed by atoms with van der Waals surface area (Å²) in [7, 11) is 4.73. The van der Waals surface area contributed by atoms with Crippen molar-refractivity contribution in [3.63, 3.8) is 0 Å². The van der Waals surface area contributed by atoms with Gasteiger partial charge in [-0.05, 0) is 118 Å². The van der Waals surface area contributed by atoms with E-state index in [9.17, 15) is 33.6 Å². The highest BCUT2D eigenvalue weighted by atomic mass is 16.7. The molecule has 90 heavy (non-hydrogen) atoms. The molecule has 2 heterocycles. The number of likely N-dealkylation sites (N-methyl/N-ethyl adjacent to an activating group) is 1. The maximum absolute atomic E-state index is 13.8. The van der Waals surface area contributed by atoms with Gasteiger partial charge >= 0.3 is 23.9 Å². The minimum Gasteiger partial charge on any atom is -0.497 e. The summed E-state index contributed by atoms with van der Waals surface area (Å²) in [5, 5.41) is 2.68. The molecular formula is C71H68N4O15. The average Bonchev–Trinajstić information content (AvgIpc) is 1.15. The van der Waals surface area contributed by atoms with Crippen molar-refractivity contribution in [2.45, 2.75) is 75.4 Å². The monoisotopic (exact) mass is 1220 g/mol. The maximum atomic E-state index is 13.8. The summed E-state index contributed by atoms with van der Waals surface area (Å²) >= 11 is 0. The Hall–Kier alpha value is -10.2. The zero-order chi connectivity index (χ0) is 63.2. The number of benzene rings is 7. The quantitative estimate of drug-likeness (QED) is 0.0230. The SMILES string of the molecule is COc1ccc(C(OC[C@H]2O[C@@H](n3ccc(NC(=O)c4ccc(CCC(=O)Cc5ccc(OC(=O)OCCN(C)C(=O)OCC6c7ccccc7-c7ccccc76)cc5)cc4)nc3=O)C[C@H]2OC(=O)CCC(C)=O)(c2ccccc2)c2ccc(OC)cc2)cc1. The van der Waals surface area contributed by atoms with Crippen LogP contribution in [-0.2, 0) is 56.5 Å². The second kappa shape index (κ2) is 29.2. The van der Waals surface area contributed by atoms with Crippen LogP contribution in [0.15, 0.2) is 193 Å². The van der Waals surface area contributed by atoms with Gasteiger partial charge in [-0.2, -0.15) is 4.98 Å². The molecule has 0 radical (unpaired) electrons. The molecule has 462 valence electrons. The van der Waals surface area contributed by atoms with Crippen LogP contribution < -0.4 is 25.2 Å². The number of aryl methyl sites for hydroxylation is 1. The van der Waals surface area contributed by atoms with Crippen LogP contribution in [0.25, 0.3) is 11.1 Å². The molecular weight excluding hydrogens is 1150 g/mol. The minimum atomic E-state index is -1.25. The zero-order valence-electron chi connectivity index (χ0n) is 50.2. The normalized spacial score (nSPS) is 15.0. The largest absolute Gasteiger partial charge is 0.513 e. The van der Waals surface area contributed by atoms with E-state index in [0.29, 0.717) is 23.5 Å². The second-order valence-electron chi connectivity index (χ2n) is 21.8. The molecule has 0 unspecified atom stereocenters. The van der Waals surface area contributed by atoms with Crippen molar-refractivity contribution < 1.29 is 66.7 Å². The molecule has 7 aromatic carbocycles. The Labute approximate surface area is 520 Å². The Balaban J connectivity index is 0.695. The number of anilines is 1. The molecule has 0 spiro atoms. The van der Waals surface area contributed by atoms with Crippen LogP contribution >= 0.6 is 0 Å². The molecule has 1 aromatic heterocycles. The lowest BCUT2D eigenvalue weighted by Gasteiger charge is -2.37. The molecule has 1 N–H and O–H groups in total. The highest BCUT2D eigenvalue weighted by Gasteiger charge is 2.44. The standard InChI is InChI=1S/C71H68N4O15/c1-46(76)18-37-66(78)90-62-43-65(89-63(62)45-87-71(50-12-6-5-7-13-50,51-26-33-54(83-3)34-27-51)52-28-35-55(84-4)36-29-52)75-39-38-64(73-68(75)80)72-67(79)49-24-19-47(20-25-49)21-30-53(77)42-48-22-31-56(32-23-48)88-70(82)85-41-40-74(2)69(81)86-44-61-59-16-10-8-14-57(59)58-15-9-11-17-60(58)61/h5-17,19-20,22-29,31-36,38-39,61-63,65H,18,21,30,37,40-45H2,1-4H3,(H,72,73,79,80)/t62-,63-,65-/m1/s1. The topological polar surface area (TPSA) is 226 Å². The number of fused-ring (bicyclic) bond motifs is 3. The first-order valence-corrected chi connectivity index (χ1v) is 29.5. The lowest BCUT2D eigenvalue weighted by molar-refractivity contribution is -0.156. The molecule has 1 saturated heterocycles. The van der Waals surface area contributed by atoms with E-state index in [1.54, 1.807) is 69.8 Å². The van der Waals surface area contributed by atoms with Gasteiger partial charge in [-0.15, -0.1) is 0 Å². The van der Waals surface area contributed by atoms with Crippen molar-refractivity contribution in [3.05, 3.63) is 243 Å². The number of ether oxygens (including phenoxy) is 8. The Morgan fingerprint density at radius 3 is 1.86 bits per heavy atom. The Kier molecular flexibility index (Phi) is 20.4. The van der Waals surface area contributed by atoms with Crippen molar-refractivity contribution in [2.75, 3.05) is 52.9 Å². The van der Waals surface area contributed by atoms with Gasteiger partial charge in [0.2, 0.25) is 0 Å². The summed E-state index contributed by atoms with van der Waals surface area (Å²) in [6.45, 7) is 1.39. The van der Waals surface area contributed by atoms with Gasteiger partial charge in [0.15, 0.2) is 0 Å². The van der Waals surface area contributed by atoms with Gasteiger partial charge in [0, 0.05) is 50.4 Å². The molecule has 1 fully saturated rings. The third-order valence-electron chi connectivity index (χ3n) is 15.9. The Morgan fingerprint density at radius 2 is 1.24 bits per heavy atom. The highest BCUT2D eigenvalue weighted by molar-refractivity contribution is 6.03. The molecule has 1 aliphatic heterocycles. The molecule has 0 saturated carbocycles. The lowest BCUT2D eigenvalue weighted by atomic mass is 9.80. The van der Waals surface area contributed by atoms with Gasteiger partial charge in [-0.25, -0.2) is 14.4 Å². The number of aromatic nitrogens is 2. The first kappa shape index (κ1) is 62.8. The van der Waals surface area contributed by atoms with Gasteiger partial charge < -0.3 is 52.9 Å². The maximum Gasteiger partial charge on any atom is 0.513 e. The van der Waals surface area contributed by atoms with Crippen LogP contribution in [0.3, 0.4) is 0 Å². The molecule has 1 aliphatic carbocycles. The van der Waals surface area contributed by atoms with E-state index < -0.39 is 53.9 Å². The van der Waals surface area contributed by atoms with Crippen molar-refractivity contribution in [1.82, 2.24) is 14.5 Å². The van der Waals surface area contributed by atoms with Crippen molar-refractivity contribution in [2.24, 2.45) is 0 Å². The molecule has 2 aliphatic rings. The number of Topliss-reactive ketones (excluding diaryl/α,β-unsaturated/α-hetero) is 2. The fourth-order valence-corrected chi connectivity index (χ4v) is 11.1. The molecule has 3 atom stereocenters. The van der Waals surface area contributed by atoms with E-state index in [0.717, 1.165) is 44.5 Å². The number of nitrogens with one attached hydrogen (secondary N) is 1. The van der Waals surface area contributed by atoms with Gasteiger partial charge in [0.25, 0.3) is 5.91 Å². The van der Waals surface area contributed by atoms with E-state index in [1.807, 2.05) is 115 Å². The van der Waals surface area contributed by atoms with Gasteiger partial charge in [0.05, 0.1) is 33.8 Å². The number of carbonyl (C=O) groups excluding carboxylic acids is 6. The fourth-order valence-electron chi connectivity index (χ4n) is 11.1. The Morgan fingerprint density at radius 1 is 0.656 bits per heavy atom. The van der Waals surface area contributed by atoms with Crippen molar-refractivity contribution in [3.8, 4) is 28.4 Å². The number of nitrogens with zero attached hydrogens (tertiary/aromatic N) is 3. The van der Waals surface area contributed by atoms with Gasteiger partial charge in [0.1, 0.15) is 71.9 Å². The van der Waals surface area contributed by atoms with Crippen molar-refractivity contribution in [1.29, 1.82) is 0 Å². The van der Waals surface area contributed by atoms with E-state index in [1.165, 1.54) is 28.7 Å². The van der Waals surface area contributed by atoms with Gasteiger partial charge in [-0.3, -0.25) is 19.0 Å². The average molecular weight is 1220 g/mol. The van der Waals surface area contributed by atoms with E-state index in [-0.39, 0.29) is 93.1 Å². The van der Waals surface area contributed by atoms with Crippen LogP contribution in [0.2, 0.25) is 0 Å². The number of ketones is 2. The number of rotatable bonds is 26. The van der Waals surface area contributed by atoms with Crippen molar-refractivity contribution >= 4 is 41.5 Å². The summed E-state index contributed by atoms with van der Waals surface area (Å²) in [5.41, 5.74) is 6.60. The summed E-state index contributed by atoms with van der Waals surface area (Å²) in [5.74, 6) is 0.0678. The summed E-state index contributed by atoms with van der Waals surface area (Å²) in [4.78, 5) is 96.2. The number of hydrogen-bond donors (Lipinski definition) is 1. The van der Waals surface area contributed by atoms with Crippen LogP contribution in [0, 0.1) is 0 Å². The third kappa shape index (κ3) is 15.2. The number of amides is 2.